The molecule has 3 aromatic rings. The van der Waals surface area contributed by atoms with Gasteiger partial charge in [0.2, 0.25) is 5.91 Å². The number of benzene rings is 3. The summed E-state index contributed by atoms with van der Waals surface area (Å²) in [6, 6.07) is 18.9. The van der Waals surface area contributed by atoms with E-state index < -0.39 is 10.0 Å². The van der Waals surface area contributed by atoms with Crippen LogP contribution >= 0.6 is 0 Å². The van der Waals surface area contributed by atoms with Crippen molar-refractivity contribution in [2.45, 2.75) is 18.7 Å². The molecule has 160 valence electrons. The van der Waals surface area contributed by atoms with E-state index in [1.165, 1.54) is 18.2 Å². The van der Waals surface area contributed by atoms with Gasteiger partial charge < -0.3 is 10.1 Å². The Balaban J connectivity index is 1.68. The number of amides is 1. The number of anilines is 2. The molecule has 0 radical (unpaired) electrons. The van der Waals surface area contributed by atoms with Gasteiger partial charge in [0, 0.05) is 23.0 Å². The predicted molar refractivity (Wildman–Crippen MR) is 124 cm³/mol. The van der Waals surface area contributed by atoms with Crippen molar-refractivity contribution in [3.05, 3.63) is 89.5 Å². The Bertz CT molecular complexity index is 1200. The summed E-state index contributed by atoms with van der Waals surface area (Å²) in [5.74, 6) is 0.326. The van der Waals surface area contributed by atoms with Crippen LogP contribution in [0.2, 0.25) is 0 Å². The summed E-state index contributed by atoms with van der Waals surface area (Å²) >= 11 is 0. The summed E-state index contributed by atoms with van der Waals surface area (Å²) in [5, 5.41) is 2.71. The maximum absolute atomic E-state index is 12.7. The molecule has 6 nitrogen and oxygen atoms in total. The summed E-state index contributed by atoms with van der Waals surface area (Å²) in [6.07, 6.45) is 3.05. The normalized spacial score (nSPS) is 11.3. The van der Waals surface area contributed by atoms with Crippen LogP contribution in [0.5, 0.6) is 5.75 Å². The Morgan fingerprint density at radius 3 is 2.19 bits per heavy atom. The van der Waals surface area contributed by atoms with E-state index in [1.807, 2.05) is 44.2 Å². The highest BCUT2D eigenvalue weighted by Crippen LogP contribution is 2.21. The molecule has 3 aromatic carbocycles. The first-order valence-corrected chi connectivity index (χ1v) is 11.1. The molecule has 0 aromatic heterocycles. The van der Waals surface area contributed by atoms with Gasteiger partial charge in [0.1, 0.15) is 5.75 Å². The Morgan fingerprint density at radius 2 is 1.55 bits per heavy atom. The molecule has 0 spiro atoms. The van der Waals surface area contributed by atoms with Crippen LogP contribution in [-0.2, 0) is 14.8 Å². The van der Waals surface area contributed by atoms with E-state index >= 15 is 0 Å². The van der Waals surface area contributed by atoms with Gasteiger partial charge >= 0.3 is 0 Å². The molecule has 0 bridgehead atoms. The molecule has 0 saturated heterocycles. The molecular weight excluding hydrogens is 412 g/mol. The minimum absolute atomic E-state index is 0.106. The van der Waals surface area contributed by atoms with Crippen LogP contribution in [0.25, 0.3) is 6.08 Å². The molecule has 31 heavy (non-hydrogen) atoms. The first-order valence-electron chi connectivity index (χ1n) is 9.60. The maximum Gasteiger partial charge on any atom is 0.261 e. The largest absolute Gasteiger partial charge is 0.496 e. The SMILES string of the molecule is COc1ccccc1C=CC(=O)Nc1ccc(S(=O)(=O)Nc2cc(C)cc(C)c2)cc1. The number of ether oxygens (including phenoxy) is 1. The number of nitrogens with one attached hydrogen (secondary N) is 2. The predicted octanol–water partition coefficient (Wildman–Crippen LogP) is 4.76. The van der Waals surface area contributed by atoms with Crippen LogP contribution in [-0.4, -0.2) is 21.4 Å². The minimum Gasteiger partial charge on any atom is -0.496 e. The lowest BCUT2D eigenvalue weighted by Gasteiger charge is -2.10. The average Bonchev–Trinajstić information content (AvgIpc) is 2.71. The minimum atomic E-state index is -3.74. The Labute approximate surface area is 182 Å². The number of hydrogen-bond acceptors (Lipinski definition) is 4. The fourth-order valence-corrected chi connectivity index (χ4v) is 4.16. The van der Waals surface area contributed by atoms with Crippen molar-refractivity contribution < 1.29 is 17.9 Å². The van der Waals surface area contributed by atoms with Crippen molar-refractivity contribution >= 4 is 33.4 Å². The van der Waals surface area contributed by atoms with Gasteiger partial charge in [-0.3, -0.25) is 9.52 Å². The standard InChI is InChI=1S/C24H24N2O4S/c1-17-14-18(2)16-21(15-17)26-31(28,29)22-11-9-20(10-12-22)25-24(27)13-8-19-6-4-5-7-23(19)30-3/h4-16,26H,1-3H3,(H,25,27). The molecule has 0 unspecified atom stereocenters. The summed E-state index contributed by atoms with van der Waals surface area (Å²) in [5.41, 5.74) is 3.71. The van der Waals surface area contributed by atoms with Gasteiger partial charge in [-0.15, -0.1) is 0 Å². The summed E-state index contributed by atoms with van der Waals surface area (Å²) < 4.78 is 33.2. The number of hydrogen-bond donors (Lipinski definition) is 2. The number of para-hydroxylation sites is 1. The average molecular weight is 437 g/mol. The van der Waals surface area contributed by atoms with Crippen molar-refractivity contribution in [1.29, 1.82) is 0 Å². The highest BCUT2D eigenvalue weighted by atomic mass is 32.2. The first kappa shape index (κ1) is 22.1. The van der Waals surface area contributed by atoms with Crippen molar-refractivity contribution in [1.82, 2.24) is 0 Å². The van der Waals surface area contributed by atoms with E-state index in [4.69, 9.17) is 4.74 Å². The third kappa shape index (κ3) is 5.96. The van der Waals surface area contributed by atoms with E-state index in [-0.39, 0.29) is 10.8 Å². The van der Waals surface area contributed by atoms with E-state index in [0.29, 0.717) is 17.1 Å². The molecule has 0 aliphatic heterocycles. The lowest BCUT2D eigenvalue weighted by molar-refractivity contribution is -0.111. The van der Waals surface area contributed by atoms with E-state index in [9.17, 15) is 13.2 Å². The molecule has 0 fully saturated rings. The van der Waals surface area contributed by atoms with E-state index in [1.54, 1.807) is 37.5 Å². The van der Waals surface area contributed by atoms with Crippen LogP contribution < -0.4 is 14.8 Å². The van der Waals surface area contributed by atoms with E-state index in [0.717, 1.165) is 16.7 Å². The second kappa shape index (κ2) is 9.49. The van der Waals surface area contributed by atoms with Gasteiger partial charge in [-0.25, -0.2) is 8.42 Å². The molecule has 0 atom stereocenters. The zero-order valence-electron chi connectivity index (χ0n) is 17.5. The number of sulfonamides is 1. The van der Waals surface area contributed by atoms with Crippen LogP contribution in [0.4, 0.5) is 11.4 Å². The second-order valence-corrected chi connectivity index (χ2v) is 8.75. The fourth-order valence-electron chi connectivity index (χ4n) is 3.12. The third-order valence-electron chi connectivity index (χ3n) is 4.46. The lowest BCUT2D eigenvalue weighted by Crippen LogP contribution is -2.13. The van der Waals surface area contributed by atoms with E-state index in [2.05, 4.69) is 10.0 Å². The molecule has 3 rings (SSSR count). The second-order valence-electron chi connectivity index (χ2n) is 7.07. The zero-order valence-corrected chi connectivity index (χ0v) is 18.4. The zero-order chi connectivity index (χ0) is 22.4. The molecular formula is C24H24N2O4S. The maximum atomic E-state index is 12.7. The highest BCUT2D eigenvalue weighted by molar-refractivity contribution is 7.92. The molecule has 0 aliphatic rings. The Morgan fingerprint density at radius 1 is 0.903 bits per heavy atom. The van der Waals surface area contributed by atoms with Crippen LogP contribution in [0.3, 0.4) is 0 Å². The van der Waals surface area contributed by atoms with Crippen LogP contribution in [0, 0.1) is 13.8 Å². The summed E-state index contributed by atoms with van der Waals surface area (Å²) in [4.78, 5) is 12.3. The van der Waals surface area contributed by atoms with Crippen molar-refractivity contribution in [2.75, 3.05) is 17.1 Å². The molecule has 0 saturated carbocycles. The van der Waals surface area contributed by atoms with Crippen molar-refractivity contribution in [2.24, 2.45) is 0 Å². The molecule has 0 aliphatic carbocycles. The number of carbonyl (C=O) groups excluding carboxylic acids is 1. The molecule has 2 N–H and O–H groups in total. The number of methoxy groups -OCH3 is 1. The summed E-state index contributed by atoms with van der Waals surface area (Å²) in [7, 11) is -2.17. The van der Waals surface area contributed by atoms with Gasteiger partial charge in [0.15, 0.2) is 0 Å². The van der Waals surface area contributed by atoms with Gasteiger partial charge in [-0.2, -0.15) is 0 Å². The molecule has 1 amide bonds. The Hall–Kier alpha value is -3.58. The highest BCUT2D eigenvalue weighted by Gasteiger charge is 2.14. The quantitative estimate of drug-likeness (QED) is 0.523. The van der Waals surface area contributed by atoms with Crippen LogP contribution in [0.15, 0.2) is 77.7 Å². The fraction of sp³-hybridized carbons (Fsp3) is 0.125. The Kier molecular flexibility index (Phi) is 6.77. The number of carbonyl (C=O) groups is 1. The van der Waals surface area contributed by atoms with Crippen molar-refractivity contribution in [3.63, 3.8) is 0 Å². The topological polar surface area (TPSA) is 84.5 Å². The van der Waals surface area contributed by atoms with Gasteiger partial charge in [-0.05, 0) is 73.5 Å². The monoisotopic (exact) mass is 436 g/mol. The van der Waals surface area contributed by atoms with Gasteiger partial charge in [0.25, 0.3) is 10.0 Å². The number of aryl methyl sites for hydroxylation is 2. The van der Waals surface area contributed by atoms with Crippen LogP contribution in [0.1, 0.15) is 16.7 Å². The molecule has 0 heterocycles. The summed E-state index contributed by atoms with van der Waals surface area (Å²) in [6.45, 7) is 3.81. The molecule has 7 heteroatoms. The first-order chi connectivity index (χ1) is 14.8. The number of rotatable bonds is 7. The van der Waals surface area contributed by atoms with Crippen molar-refractivity contribution in [3.8, 4) is 5.75 Å². The smallest absolute Gasteiger partial charge is 0.261 e. The van der Waals surface area contributed by atoms with Gasteiger partial charge in [0.05, 0.1) is 12.0 Å². The lowest BCUT2D eigenvalue weighted by atomic mass is 10.1. The third-order valence-corrected chi connectivity index (χ3v) is 5.86. The van der Waals surface area contributed by atoms with Gasteiger partial charge in [-0.1, -0.05) is 24.3 Å².